The van der Waals surface area contributed by atoms with Crippen LogP contribution in [0.25, 0.3) is 10.2 Å². The number of rotatable bonds is 4. The molecule has 2 aromatic heterocycles. The molecule has 1 aliphatic rings. The maximum absolute atomic E-state index is 12.7. The second-order valence-corrected chi connectivity index (χ2v) is 8.60. The molecule has 0 spiro atoms. The fraction of sp³-hybridized carbons (Fsp3) is 0.429. The van der Waals surface area contributed by atoms with Gasteiger partial charge in [0.25, 0.3) is 5.56 Å². The van der Waals surface area contributed by atoms with Gasteiger partial charge in [0.05, 0.1) is 11.4 Å². The molecule has 0 amide bonds. The highest BCUT2D eigenvalue weighted by atomic mass is 32.1. The van der Waals surface area contributed by atoms with Crippen LogP contribution >= 0.6 is 11.3 Å². The van der Waals surface area contributed by atoms with Gasteiger partial charge in [-0.05, 0) is 55.7 Å². The van der Waals surface area contributed by atoms with Crippen LogP contribution in [-0.4, -0.2) is 9.97 Å². The Morgan fingerprint density at radius 2 is 2.19 bits per heavy atom. The van der Waals surface area contributed by atoms with Crippen LogP contribution in [0.15, 0.2) is 29.1 Å². The lowest BCUT2D eigenvalue weighted by Gasteiger charge is -2.17. The molecular formula is C21H25N3OS. The number of hydrogen-bond acceptors (Lipinski definition) is 4. The maximum atomic E-state index is 12.7. The van der Waals surface area contributed by atoms with Gasteiger partial charge in [-0.3, -0.25) is 4.79 Å². The summed E-state index contributed by atoms with van der Waals surface area (Å²) in [5.74, 6) is 1.42. The number of nitrogens with zero attached hydrogens (tertiary/aromatic N) is 1. The number of aryl methyl sites for hydroxylation is 2. The third-order valence-corrected chi connectivity index (χ3v) is 6.60. The van der Waals surface area contributed by atoms with Crippen LogP contribution in [0, 0.1) is 12.8 Å². The van der Waals surface area contributed by atoms with Crippen LogP contribution in [-0.2, 0) is 19.4 Å². The van der Waals surface area contributed by atoms with E-state index >= 15 is 0 Å². The SMILES string of the molecule is Cc1ccccc1CN[C@@H](C)c1nc2sc3c(c2c(=O)[nH]1)CC[C@@H](C)C3. The van der Waals surface area contributed by atoms with E-state index in [1.54, 1.807) is 11.3 Å². The molecule has 3 aromatic rings. The summed E-state index contributed by atoms with van der Waals surface area (Å²) in [6.07, 6.45) is 3.24. The summed E-state index contributed by atoms with van der Waals surface area (Å²) in [6.45, 7) is 7.21. The van der Waals surface area contributed by atoms with Gasteiger partial charge in [0.1, 0.15) is 10.7 Å². The minimum atomic E-state index is -0.00948. The minimum absolute atomic E-state index is 0.00948. The molecule has 136 valence electrons. The topological polar surface area (TPSA) is 57.8 Å². The van der Waals surface area contributed by atoms with Gasteiger partial charge in [0.2, 0.25) is 0 Å². The van der Waals surface area contributed by atoms with Crippen LogP contribution < -0.4 is 10.9 Å². The molecule has 5 heteroatoms. The van der Waals surface area contributed by atoms with Crippen molar-refractivity contribution in [3.05, 3.63) is 62.0 Å². The summed E-state index contributed by atoms with van der Waals surface area (Å²) in [6, 6.07) is 8.34. The smallest absolute Gasteiger partial charge is 0.259 e. The second-order valence-electron chi connectivity index (χ2n) is 7.51. The summed E-state index contributed by atoms with van der Waals surface area (Å²) in [4.78, 5) is 22.8. The molecule has 2 N–H and O–H groups in total. The van der Waals surface area contributed by atoms with Crippen LogP contribution in [0.4, 0.5) is 0 Å². The number of nitrogens with one attached hydrogen (secondary N) is 2. The van der Waals surface area contributed by atoms with Crippen molar-refractivity contribution in [1.82, 2.24) is 15.3 Å². The maximum Gasteiger partial charge on any atom is 0.259 e. The molecule has 0 fully saturated rings. The Kier molecular flexibility index (Phi) is 4.67. The standard InChI is InChI=1S/C21H25N3OS/c1-12-8-9-16-17(10-12)26-21-18(16)20(25)23-19(24-21)14(3)22-11-15-7-5-4-6-13(15)2/h4-7,12,14,22H,8-11H2,1-3H3,(H,23,24,25)/t12-,14+/m1/s1. The van der Waals surface area contributed by atoms with Gasteiger partial charge < -0.3 is 10.3 Å². The Morgan fingerprint density at radius 3 is 3.00 bits per heavy atom. The number of benzene rings is 1. The average Bonchev–Trinajstić information content (AvgIpc) is 2.98. The van der Waals surface area contributed by atoms with Crippen molar-refractivity contribution in [2.75, 3.05) is 0 Å². The molecule has 0 aliphatic heterocycles. The Labute approximate surface area is 157 Å². The molecule has 2 heterocycles. The molecular weight excluding hydrogens is 342 g/mol. The third kappa shape index (κ3) is 3.21. The lowest BCUT2D eigenvalue weighted by atomic mass is 9.89. The van der Waals surface area contributed by atoms with Crippen molar-refractivity contribution >= 4 is 21.6 Å². The first-order valence-electron chi connectivity index (χ1n) is 9.35. The molecule has 1 aromatic carbocycles. The monoisotopic (exact) mass is 367 g/mol. The van der Waals surface area contributed by atoms with E-state index in [0.717, 1.165) is 41.8 Å². The van der Waals surface area contributed by atoms with Crippen molar-refractivity contribution in [3.63, 3.8) is 0 Å². The number of H-pyrrole nitrogens is 1. The van der Waals surface area contributed by atoms with E-state index in [9.17, 15) is 4.79 Å². The van der Waals surface area contributed by atoms with Gasteiger partial charge in [-0.25, -0.2) is 4.98 Å². The lowest BCUT2D eigenvalue weighted by Crippen LogP contribution is -2.24. The van der Waals surface area contributed by atoms with E-state index in [-0.39, 0.29) is 11.6 Å². The Morgan fingerprint density at radius 1 is 1.38 bits per heavy atom. The van der Waals surface area contributed by atoms with Gasteiger partial charge in [-0.15, -0.1) is 11.3 Å². The molecule has 26 heavy (non-hydrogen) atoms. The zero-order valence-corrected chi connectivity index (χ0v) is 16.4. The molecule has 0 saturated carbocycles. The van der Waals surface area contributed by atoms with E-state index in [1.165, 1.54) is 21.6 Å². The van der Waals surface area contributed by atoms with E-state index in [1.807, 2.05) is 0 Å². The van der Waals surface area contributed by atoms with Crippen molar-refractivity contribution < 1.29 is 0 Å². The van der Waals surface area contributed by atoms with Crippen molar-refractivity contribution in [1.29, 1.82) is 0 Å². The fourth-order valence-electron chi connectivity index (χ4n) is 3.74. The molecule has 0 bridgehead atoms. The highest BCUT2D eigenvalue weighted by Crippen LogP contribution is 2.35. The van der Waals surface area contributed by atoms with E-state index in [4.69, 9.17) is 4.98 Å². The summed E-state index contributed by atoms with van der Waals surface area (Å²) in [5.41, 5.74) is 3.79. The molecule has 4 nitrogen and oxygen atoms in total. The van der Waals surface area contributed by atoms with Crippen molar-refractivity contribution in [3.8, 4) is 0 Å². The molecule has 2 atom stereocenters. The van der Waals surface area contributed by atoms with Gasteiger partial charge in [-0.2, -0.15) is 0 Å². The summed E-state index contributed by atoms with van der Waals surface area (Å²) >= 11 is 1.71. The Hall–Kier alpha value is -1.98. The molecule has 1 aliphatic carbocycles. The van der Waals surface area contributed by atoms with Crippen molar-refractivity contribution in [2.24, 2.45) is 5.92 Å². The minimum Gasteiger partial charge on any atom is -0.309 e. The molecule has 0 radical (unpaired) electrons. The highest BCUT2D eigenvalue weighted by Gasteiger charge is 2.23. The number of hydrogen-bond donors (Lipinski definition) is 2. The Bertz CT molecular complexity index is 1000. The highest BCUT2D eigenvalue weighted by molar-refractivity contribution is 7.18. The first kappa shape index (κ1) is 17.4. The largest absolute Gasteiger partial charge is 0.309 e. The second kappa shape index (κ2) is 6.97. The predicted octanol–water partition coefficient (Wildman–Crippen LogP) is 4.27. The van der Waals surface area contributed by atoms with E-state index < -0.39 is 0 Å². The summed E-state index contributed by atoms with van der Waals surface area (Å²) < 4.78 is 0. The average molecular weight is 368 g/mol. The van der Waals surface area contributed by atoms with Gasteiger partial charge >= 0.3 is 0 Å². The van der Waals surface area contributed by atoms with Gasteiger partial charge in [0.15, 0.2) is 0 Å². The number of thiophene rings is 1. The quantitative estimate of drug-likeness (QED) is 0.724. The van der Waals surface area contributed by atoms with Gasteiger partial charge in [-0.1, -0.05) is 31.2 Å². The third-order valence-electron chi connectivity index (χ3n) is 5.45. The van der Waals surface area contributed by atoms with E-state index in [2.05, 4.69) is 55.3 Å². The summed E-state index contributed by atoms with van der Waals surface area (Å²) in [5, 5.41) is 4.31. The zero-order valence-electron chi connectivity index (χ0n) is 15.6. The summed E-state index contributed by atoms with van der Waals surface area (Å²) in [7, 11) is 0. The first-order chi connectivity index (χ1) is 12.5. The van der Waals surface area contributed by atoms with Crippen LogP contribution in [0.5, 0.6) is 0 Å². The normalized spacial score (nSPS) is 18.0. The van der Waals surface area contributed by atoms with Crippen LogP contribution in [0.3, 0.4) is 0 Å². The number of fused-ring (bicyclic) bond motifs is 3. The zero-order chi connectivity index (χ0) is 18.3. The van der Waals surface area contributed by atoms with Gasteiger partial charge in [0, 0.05) is 11.4 Å². The lowest BCUT2D eigenvalue weighted by molar-refractivity contribution is 0.509. The first-order valence-corrected chi connectivity index (χ1v) is 10.2. The fourth-order valence-corrected chi connectivity index (χ4v) is 5.13. The van der Waals surface area contributed by atoms with Crippen LogP contribution in [0.2, 0.25) is 0 Å². The molecule has 0 saturated heterocycles. The molecule has 4 rings (SSSR count). The van der Waals surface area contributed by atoms with Crippen LogP contribution in [0.1, 0.15) is 53.7 Å². The Balaban J connectivity index is 1.61. The number of aromatic amines is 1. The van der Waals surface area contributed by atoms with E-state index in [0.29, 0.717) is 5.92 Å². The predicted molar refractivity (Wildman–Crippen MR) is 108 cm³/mol. The van der Waals surface area contributed by atoms with Crippen molar-refractivity contribution in [2.45, 2.75) is 52.6 Å². The number of aromatic nitrogens is 2. The molecule has 0 unspecified atom stereocenters.